The van der Waals surface area contributed by atoms with Gasteiger partial charge in [0.25, 0.3) is 5.91 Å². The molecule has 1 aromatic heterocycles. The Bertz CT molecular complexity index is 636. The maximum absolute atomic E-state index is 13.6. The Balaban J connectivity index is 2.00. The second-order valence-electron chi connectivity index (χ2n) is 3.91. The molecule has 0 fully saturated rings. The van der Waals surface area contributed by atoms with E-state index in [0.717, 1.165) is 4.47 Å². The standard InChI is InChI=1S/C13H12BrFN4O/c1-2-19-12(15)10(8-17-19)7-16-18-13(20)9-3-5-11(14)6-4-9/h3-8H,2H2,1H3,(H,18,20)/b16-7+. The predicted octanol–water partition coefficient (Wildman–Crippen LogP) is 2.57. The second-order valence-corrected chi connectivity index (χ2v) is 4.83. The summed E-state index contributed by atoms with van der Waals surface area (Å²) in [5, 5.41) is 7.55. The van der Waals surface area contributed by atoms with Gasteiger partial charge < -0.3 is 0 Å². The quantitative estimate of drug-likeness (QED) is 0.688. The highest BCUT2D eigenvalue weighted by Crippen LogP contribution is 2.10. The molecular formula is C13H12BrFN4O. The Morgan fingerprint density at radius 2 is 2.20 bits per heavy atom. The van der Waals surface area contributed by atoms with Gasteiger partial charge in [0.2, 0.25) is 5.95 Å². The van der Waals surface area contributed by atoms with E-state index in [1.807, 2.05) is 0 Å². The van der Waals surface area contributed by atoms with Crippen LogP contribution < -0.4 is 5.43 Å². The molecule has 7 heteroatoms. The van der Waals surface area contributed by atoms with Crippen LogP contribution in [-0.4, -0.2) is 21.9 Å². The van der Waals surface area contributed by atoms with Crippen LogP contribution in [0.3, 0.4) is 0 Å². The number of hydrazone groups is 1. The number of carbonyl (C=O) groups excluding carboxylic acids is 1. The molecule has 1 amide bonds. The molecule has 0 aliphatic heterocycles. The molecular weight excluding hydrogens is 327 g/mol. The number of halogens is 2. The lowest BCUT2D eigenvalue weighted by Crippen LogP contribution is -2.17. The van der Waals surface area contributed by atoms with Gasteiger partial charge in [0.15, 0.2) is 0 Å². The Morgan fingerprint density at radius 1 is 1.50 bits per heavy atom. The Labute approximate surface area is 123 Å². The van der Waals surface area contributed by atoms with Crippen molar-refractivity contribution in [2.24, 2.45) is 5.10 Å². The maximum atomic E-state index is 13.6. The van der Waals surface area contributed by atoms with Crippen molar-refractivity contribution >= 4 is 28.1 Å². The highest BCUT2D eigenvalue weighted by Gasteiger charge is 2.07. The minimum atomic E-state index is -0.478. The third-order valence-corrected chi connectivity index (χ3v) is 3.11. The number of amides is 1. The van der Waals surface area contributed by atoms with Gasteiger partial charge in [-0.25, -0.2) is 10.1 Å². The van der Waals surface area contributed by atoms with E-state index in [-0.39, 0.29) is 11.5 Å². The Morgan fingerprint density at radius 3 is 2.80 bits per heavy atom. The third kappa shape index (κ3) is 3.30. The summed E-state index contributed by atoms with van der Waals surface area (Å²) in [6.45, 7) is 2.22. The first-order valence-corrected chi connectivity index (χ1v) is 6.71. The fourth-order valence-electron chi connectivity index (χ4n) is 1.52. The van der Waals surface area contributed by atoms with Gasteiger partial charge in [-0.05, 0) is 31.2 Å². The van der Waals surface area contributed by atoms with E-state index in [9.17, 15) is 9.18 Å². The van der Waals surface area contributed by atoms with Gasteiger partial charge in [-0.3, -0.25) is 4.79 Å². The predicted molar refractivity (Wildman–Crippen MR) is 77.1 cm³/mol. The van der Waals surface area contributed by atoms with Crippen LogP contribution in [0.5, 0.6) is 0 Å². The van der Waals surface area contributed by atoms with Crippen LogP contribution >= 0.6 is 15.9 Å². The summed E-state index contributed by atoms with van der Waals surface area (Å²) in [5.41, 5.74) is 3.03. The summed E-state index contributed by atoms with van der Waals surface area (Å²) < 4.78 is 15.7. The SMILES string of the molecule is CCn1ncc(/C=N/NC(=O)c2ccc(Br)cc2)c1F. The highest BCUT2D eigenvalue weighted by atomic mass is 79.9. The molecule has 0 radical (unpaired) electrons. The lowest BCUT2D eigenvalue weighted by molar-refractivity contribution is 0.0955. The smallest absolute Gasteiger partial charge is 0.267 e. The first kappa shape index (κ1) is 14.4. The number of nitrogens with zero attached hydrogens (tertiary/aromatic N) is 3. The number of nitrogens with one attached hydrogen (secondary N) is 1. The fourth-order valence-corrected chi connectivity index (χ4v) is 1.78. The zero-order valence-corrected chi connectivity index (χ0v) is 12.3. The molecule has 0 aliphatic carbocycles. The fraction of sp³-hybridized carbons (Fsp3) is 0.154. The zero-order chi connectivity index (χ0) is 14.5. The number of hydrogen-bond donors (Lipinski definition) is 1. The number of benzene rings is 1. The van der Waals surface area contributed by atoms with Crippen LogP contribution in [-0.2, 0) is 6.54 Å². The summed E-state index contributed by atoms with van der Waals surface area (Å²) in [6, 6.07) is 6.82. The molecule has 1 N–H and O–H groups in total. The zero-order valence-electron chi connectivity index (χ0n) is 10.7. The lowest BCUT2D eigenvalue weighted by Gasteiger charge is -1.99. The lowest BCUT2D eigenvalue weighted by atomic mass is 10.2. The van der Waals surface area contributed by atoms with Crippen molar-refractivity contribution in [2.45, 2.75) is 13.5 Å². The third-order valence-electron chi connectivity index (χ3n) is 2.58. The number of carbonyl (C=O) groups is 1. The molecule has 0 atom stereocenters. The van der Waals surface area contributed by atoms with Crippen LogP contribution in [0.25, 0.3) is 0 Å². The average molecular weight is 339 g/mol. The van der Waals surface area contributed by atoms with Crippen LogP contribution in [0.2, 0.25) is 0 Å². The normalized spacial score (nSPS) is 10.9. The minimum absolute atomic E-state index is 0.225. The van der Waals surface area contributed by atoms with E-state index in [1.54, 1.807) is 31.2 Å². The largest absolute Gasteiger partial charge is 0.271 e. The summed E-state index contributed by atoms with van der Waals surface area (Å²) in [5.74, 6) is -0.841. The second kappa shape index (κ2) is 6.42. The molecule has 0 unspecified atom stereocenters. The molecule has 2 aromatic rings. The number of aryl methyl sites for hydroxylation is 1. The minimum Gasteiger partial charge on any atom is -0.267 e. The van der Waals surface area contributed by atoms with Crippen molar-refractivity contribution in [2.75, 3.05) is 0 Å². The van der Waals surface area contributed by atoms with Crippen LogP contribution in [0.1, 0.15) is 22.8 Å². The van der Waals surface area contributed by atoms with E-state index >= 15 is 0 Å². The van der Waals surface area contributed by atoms with Crippen molar-refractivity contribution in [1.29, 1.82) is 0 Å². The molecule has 5 nitrogen and oxygen atoms in total. The van der Waals surface area contributed by atoms with E-state index in [2.05, 4.69) is 31.6 Å². The summed E-state index contributed by atoms with van der Waals surface area (Å²) in [6.07, 6.45) is 2.58. The molecule has 0 spiro atoms. The Hall–Kier alpha value is -2.02. The van der Waals surface area contributed by atoms with Gasteiger partial charge in [-0.2, -0.15) is 14.6 Å². The average Bonchev–Trinajstić information content (AvgIpc) is 2.80. The van der Waals surface area contributed by atoms with Gasteiger partial charge in [0.05, 0.1) is 18.0 Å². The van der Waals surface area contributed by atoms with Crippen molar-refractivity contribution < 1.29 is 9.18 Å². The van der Waals surface area contributed by atoms with Crippen LogP contribution in [0.4, 0.5) is 4.39 Å². The number of rotatable bonds is 4. The van der Waals surface area contributed by atoms with Crippen molar-refractivity contribution in [3.63, 3.8) is 0 Å². The van der Waals surface area contributed by atoms with E-state index in [4.69, 9.17) is 0 Å². The van der Waals surface area contributed by atoms with E-state index in [0.29, 0.717) is 12.1 Å². The monoisotopic (exact) mass is 338 g/mol. The van der Waals surface area contributed by atoms with Gasteiger partial charge in [0.1, 0.15) is 0 Å². The Kier molecular flexibility index (Phi) is 4.62. The summed E-state index contributed by atoms with van der Waals surface area (Å²) in [7, 11) is 0. The molecule has 0 aliphatic rings. The first-order chi connectivity index (χ1) is 9.61. The van der Waals surface area contributed by atoms with Gasteiger partial charge in [0, 0.05) is 16.6 Å². The summed E-state index contributed by atoms with van der Waals surface area (Å²) in [4.78, 5) is 11.7. The molecule has 0 bridgehead atoms. The molecule has 0 saturated heterocycles. The molecule has 104 valence electrons. The summed E-state index contributed by atoms with van der Waals surface area (Å²) >= 11 is 3.28. The molecule has 2 rings (SSSR count). The van der Waals surface area contributed by atoms with E-state index < -0.39 is 5.95 Å². The molecule has 0 saturated carbocycles. The van der Waals surface area contributed by atoms with Crippen molar-refractivity contribution in [1.82, 2.24) is 15.2 Å². The van der Waals surface area contributed by atoms with E-state index in [1.165, 1.54) is 17.1 Å². The number of hydrogen-bond acceptors (Lipinski definition) is 3. The van der Waals surface area contributed by atoms with Gasteiger partial charge >= 0.3 is 0 Å². The highest BCUT2D eigenvalue weighted by molar-refractivity contribution is 9.10. The van der Waals surface area contributed by atoms with Gasteiger partial charge in [-0.15, -0.1) is 0 Å². The maximum Gasteiger partial charge on any atom is 0.271 e. The van der Waals surface area contributed by atoms with Crippen LogP contribution in [0, 0.1) is 5.95 Å². The van der Waals surface area contributed by atoms with Crippen LogP contribution in [0.15, 0.2) is 40.0 Å². The molecule has 20 heavy (non-hydrogen) atoms. The molecule has 1 heterocycles. The molecule has 1 aromatic carbocycles. The van der Waals surface area contributed by atoms with Crippen molar-refractivity contribution in [3.8, 4) is 0 Å². The first-order valence-electron chi connectivity index (χ1n) is 5.92. The number of aromatic nitrogens is 2. The topological polar surface area (TPSA) is 59.3 Å². The van der Waals surface area contributed by atoms with Crippen molar-refractivity contribution in [3.05, 3.63) is 52.0 Å². The van der Waals surface area contributed by atoms with Gasteiger partial charge in [-0.1, -0.05) is 15.9 Å².